The fourth-order valence-electron chi connectivity index (χ4n) is 3.81. The van der Waals surface area contributed by atoms with E-state index in [4.69, 9.17) is 16.9 Å². The molecule has 2 nitrogen and oxygen atoms in total. The Bertz CT molecular complexity index is 541. The van der Waals surface area contributed by atoms with Gasteiger partial charge in [-0.2, -0.15) is 5.26 Å². The van der Waals surface area contributed by atoms with Crippen molar-refractivity contribution in [3.63, 3.8) is 0 Å². The van der Waals surface area contributed by atoms with Crippen molar-refractivity contribution in [2.45, 2.75) is 20.8 Å². The largest absolute Gasteiger partial charge is 0.371 e. The van der Waals surface area contributed by atoms with E-state index < -0.39 is 0 Å². The van der Waals surface area contributed by atoms with Crippen molar-refractivity contribution in [1.29, 1.82) is 5.26 Å². The first-order valence-corrected chi connectivity index (χ1v) is 7.24. The van der Waals surface area contributed by atoms with Gasteiger partial charge in [-0.05, 0) is 41.4 Å². The molecule has 100 valence electrons. The van der Waals surface area contributed by atoms with E-state index in [0.717, 1.165) is 36.5 Å². The normalized spacial score (nSPS) is 29.0. The van der Waals surface area contributed by atoms with Crippen LogP contribution in [0.1, 0.15) is 26.3 Å². The van der Waals surface area contributed by atoms with Crippen molar-refractivity contribution in [3.05, 3.63) is 28.8 Å². The number of rotatable bonds is 1. The Hall–Kier alpha value is -1.20. The molecule has 1 saturated heterocycles. The van der Waals surface area contributed by atoms with Gasteiger partial charge in [-0.1, -0.05) is 32.4 Å². The number of hydrogen-bond acceptors (Lipinski definition) is 2. The lowest BCUT2D eigenvalue weighted by Crippen LogP contribution is -2.27. The predicted molar refractivity (Wildman–Crippen MR) is 78.3 cm³/mol. The predicted octanol–water partition coefficient (Wildman–Crippen LogP) is 3.94. The van der Waals surface area contributed by atoms with Crippen LogP contribution in [-0.2, 0) is 0 Å². The molecule has 19 heavy (non-hydrogen) atoms. The van der Waals surface area contributed by atoms with E-state index in [9.17, 15) is 0 Å². The molecule has 0 amide bonds. The lowest BCUT2D eigenvalue weighted by Gasteiger charge is -2.27. The summed E-state index contributed by atoms with van der Waals surface area (Å²) in [7, 11) is 0. The number of fused-ring (bicyclic) bond motifs is 1. The van der Waals surface area contributed by atoms with Crippen LogP contribution in [0.25, 0.3) is 0 Å². The van der Waals surface area contributed by atoms with Gasteiger partial charge < -0.3 is 4.90 Å². The van der Waals surface area contributed by atoms with Crippen molar-refractivity contribution >= 4 is 17.3 Å². The molecule has 0 bridgehead atoms. The molecule has 0 radical (unpaired) electrons. The lowest BCUT2D eigenvalue weighted by molar-refractivity contribution is 0.309. The Balaban J connectivity index is 1.72. The van der Waals surface area contributed by atoms with Crippen LogP contribution in [0.2, 0.25) is 5.02 Å². The minimum absolute atomic E-state index is 0.434. The molecular formula is C16H19ClN2. The number of hydrogen-bond donors (Lipinski definition) is 0. The molecule has 0 aromatic heterocycles. The summed E-state index contributed by atoms with van der Waals surface area (Å²) in [4.78, 5) is 2.41. The topological polar surface area (TPSA) is 27.0 Å². The van der Waals surface area contributed by atoms with Crippen molar-refractivity contribution in [3.8, 4) is 6.07 Å². The Labute approximate surface area is 120 Å². The van der Waals surface area contributed by atoms with Gasteiger partial charge in [0.1, 0.15) is 6.07 Å². The van der Waals surface area contributed by atoms with Gasteiger partial charge >= 0.3 is 0 Å². The molecule has 3 rings (SSSR count). The minimum Gasteiger partial charge on any atom is -0.371 e. The monoisotopic (exact) mass is 274 g/mol. The highest BCUT2D eigenvalue weighted by atomic mass is 35.5. The van der Waals surface area contributed by atoms with E-state index in [0.29, 0.717) is 16.0 Å². The summed E-state index contributed by atoms with van der Waals surface area (Å²) in [6, 6.07) is 7.87. The summed E-state index contributed by atoms with van der Waals surface area (Å²) in [5.74, 6) is 2.56. The summed E-state index contributed by atoms with van der Waals surface area (Å²) in [5.41, 5.74) is 2.15. The third-order valence-electron chi connectivity index (χ3n) is 4.63. The van der Waals surface area contributed by atoms with Gasteiger partial charge in [0.25, 0.3) is 0 Å². The van der Waals surface area contributed by atoms with Crippen LogP contribution in [0, 0.1) is 34.5 Å². The Morgan fingerprint density at radius 3 is 2.37 bits per heavy atom. The maximum Gasteiger partial charge on any atom is 0.101 e. The zero-order valence-corrected chi connectivity index (χ0v) is 12.4. The molecule has 0 N–H and O–H groups in total. The van der Waals surface area contributed by atoms with Crippen molar-refractivity contribution < 1.29 is 0 Å². The quantitative estimate of drug-likeness (QED) is 0.776. The van der Waals surface area contributed by atoms with Crippen molar-refractivity contribution in [1.82, 2.24) is 0 Å². The molecule has 2 atom stereocenters. The number of nitrogens with zero attached hydrogens (tertiary/aromatic N) is 2. The third kappa shape index (κ3) is 2.11. The van der Waals surface area contributed by atoms with Gasteiger partial charge in [0.15, 0.2) is 0 Å². The van der Waals surface area contributed by atoms with Crippen LogP contribution in [0.4, 0.5) is 5.69 Å². The Morgan fingerprint density at radius 2 is 1.89 bits per heavy atom. The van der Waals surface area contributed by atoms with E-state index in [-0.39, 0.29) is 0 Å². The van der Waals surface area contributed by atoms with E-state index in [1.807, 2.05) is 18.2 Å². The van der Waals surface area contributed by atoms with Crippen molar-refractivity contribution in [2.24, 2.45) is 23.2 Å². The third-order valence-corrected chi connectivity index (χ3v) is 4.94. The highest BCUT2D eigenvalue weighted by Gasteiger charge is 2.59. The molecule has 1 aliphatic heterocycles. The van der Waals surface area contributed by atoms with E-state index in [2.05, 4.69) is 31.7 Å². The van der Waals surface area contributed by atoms with Crippen LogP contribution in [0.5, 0.6) is 0 Å². The molecule has 1 aromatic carbocycles. The summed E-state index contributed by atoms with van der Waals surface area (Å²) < 4.78 is 0. The Kier molecular flexibility index (Phi) is 2.80. The van der Waals surface area contributed by atoms with Gasteiger partial charge in [0.2, 0.25) is 0 Å². The first kappa shape index (κ1) is 12.8. The number of benzene rings is 1. The van der Waals surface area contributed by atoms with Crippen LogP contribution in [0.3, 0.4) is 0 Å². The lowest BCUT2D eigenvalue weighted by atomic mass is 9.87. The number of anilines is 1. The van der Waals surface area contributed by atoms with Crippen molar-refractivity contribution in [2.75, 3.05) is 18.0 Å². The highest BCUT2D eigenvalue weighted by molar-refractivity contribution is 6.32. The maximum atomic E-state index is 8.90. The van der Waals surface area contributed by atoms with Crippen LogP contribution in [0.15, 0.2) is 18.2 Å². The zero-order valence-electron chi connectivity index (χ0n) is 11.7. The molecule has 1 saturated carbocycles. The second-order valence-electron chi connectivity index (χ2n) is 6.90. The molecule has 2 aliphatic rings. The SMILES string of the molecule is CC(C)(C)C1C2CN(c3ccc(C#N)c(Cl)c3)CC21. The molecule has 1 aromatic rings. The van der Waals surface area contributed by atoms with Gasteiger partial charge in [-0.3, -0.25) is 0 Å². The molecular weight excluding hydrogens is 256 g/mol. The second-order valence-corrected chi connectivity index (χ2v) is 7.31. The zero-order chi connectivity index (χ0) is 13.8. The van der Waals surface area contributed by atoms with E-state index >= 15 is 0 Å². The number of halogens is 1. The van der Waals surface area contributed by atoms with Gasteiger partial charge in [0.05, 0.1) is 10.6 Å². The minimum atomic E-state index is 0.434. The highest BCUT2D eigenvalue weighted by Crippen LogP contribution is 2.60. The van der Waals surface area contributed by atoms with E-state index in [1.165, 1.54) is 0 Å². The van der Waals surface area contributed by atoms with Gasteiger partial charge in [-0.15, -0.1) is 0 Å². The van der Waals surface area contributed by atoms with Gasteiger partial charge in [-0.25, -0.2) is 0 Å². The second kappa shape index (κ2) is 4.15. The fraction of sp³-hybridized carbons (Fsp3) is 0.562. The smallest absolute Gasteiger partial charge is 0.101 e. The summed E-state index contributed by atoms with van der Waals surface area (Å²) in [6.07, 6.45) is 0. The average Bonchev–Trinajstić information content (AvgIpc) is 2.87. The molecule has 1 heterocycles. The molecule has 1 aliphatic carbocycles. The number of nitriles is 1. The first-order chi connectivity index (χ1) is 8.91. The maximum absolute atomic E-state index is 8.90. The molecule has 0 spiro atoms. The first-order valence-electron chi connectivity index (χ1n) is 6.86. The average molecular weight is 275 g/mol. The molecule has 3 heteroatoms. The van der Waals surface area contributed by atoms with Crippen LogP contribution < -0.4 is 4.90 Å². The Morgan fingerprint density at radius 1 is 1.26 bits per heavy atom. The summed E-state index contributed by atoms with van der Waals surface area (Å²) >= 11 is 6.11. The molecule has 2 unspecified atom stereocenters. The van der Waals surface area contributed by atoms with Gasteiger partial charge in [0, 0.05) is 18.8 Å². The van der Waals surface area contributed by atoms with Crippen LogP contribution >= 0.6 is 11.6 Å². The van der Waals surface area contributed by atoms with E-state index in [1.54, 1.807) is 0 Å². The standard InChI is InChI=1S/C16H19ClN2/c1-16(2,3)15-12-8-19(9-13(12)15)11-5-4-10(7-18)14(17)6-11/h4-6,12-13,15H,8-9H2,1-3H3. The summed E-state index contributed by atoms with van der Waals surface area (Å²) in [6.45, 7) is 9.31. The molecule has 2 fully saturated rings. The summed E-state index contributed by atoms with van der Waals surface area (Å²) in [5, 5.41) is 9.46. The fourth-order valence-corrected chi connectivity index (χ4v) is 4.03. The van der Waals surface area contributed by atoms with Crippen LogP contribution in [-0.4, -0.2) is 13.1 Å². The number of piperidine rings is 1.